The molecule has 1 aromatic heterocycles. The van der Waals surface area contributed by atoms with Crippen molar-refractivity contribution in [2.75, 3.05) is 0 Å². The predicted octanol–water partition coefficient (Wildman–Crippen LogP) is 3.82. The molecule has 0 radical (unpaired) electrons. The third-order valence-electron chi connectivity index (χ3n) is 1.92. The van der Waals surface area contributed by atoms with Gasteiger partial charge in [-0.1, -0.05) is 20.8 Å². The zero-order valence-corrected chi connectivity index (χ0v) is 10.1. The molecule has 0 N–H and O–H groups in total. The van der Waals surface area contributed by atoms with Crippen LogP contribution in [0.5, 0.6) is 0 Å². The molecule has 0 saturated heterocycles. The summed E-state index contributed by atoms with van der Waals surface area (Å²) in [6.45, 7) is 6.77. The topological polar surface area (TPSA) is 12.9 Å². The average Bonchev–Trinajstić information content (AvgIpc) is 2.02. The van der Waals surface area contributed by atoms with Crippen molar-refractivity contribution in [3.8, 4) is 0 Å². The maximum absolute atomic E-state index is 4.33. The van der Waals surface area contributed by atoms with E-state index < -0.39 is 0 Å². The number of pyridine rings is 1. The molecule has 1 aromatic rings. The van der Waals surface area contributed by atoms with Gasteiger partial charge < -0.3 is 0 Å². The summed E-state index contributed by atoms with van der Waals surface area (Å²) in [6.07, 6.45) is 4.11. The molecule has 0 amide bonds. The Kier molecular flexibility index (Phi) is 3.48. The number of halogens is 1. The summed E-state index contributed by atoms with van der Waals surface area (Å²) < 4.78 is 1.05. The van der Waals surface area contributed by atoms with Crippen LogP contribution in [0.15, 0.2) is 22.8 Å². The third-order valence-corrected chi connectivity index (χ3v) is 2.39. The van der Waals surface area contributed by atoms with Crippen LogP contribution in [0.3, 0.4) is 0 Å². The molecule has 0 fully saturated rings. The summed E-state index contributed by atoms with van der Waals surface area (Å²) in [4.78, 5) is 4.33. The highest BCUT2D eigenvalue weighted by Gasteiger charge is 2.09. The fourth-order valence-corrected chi connectivity index (χ4v) is 1.29. The Morgan fingerprint density at radius 3 is 2.46 bits per heavy atom. The molecule has 72 valence electrons. The molecule has 0 bridgehead atoms. The largest absolute Gasteiger partial charge is 0.260 e. The molecule has 0 atom stereocenters. The Bertz CT molecular complexity index is 258. The van der Waals surface area contributed by atoms with Crippen LogP contribution in [0.1, 0.15) is 32.9 Å². The van der Waals surface area contributed by atoms with Gasteiger partial charge >= 0.3 is 0 Å². The fourth-order valence-electron chi connectivity index (χ4n) is 1.06. The predicted molar refractivity (Wildman–Crippen MR) is 59.7 cm³/mol. The van der Waals surface area contributed by atoms with Crippen LogP contribution in [0.2, 0.25) is 0 Å². The molecule has 1 rings (SSSR count). The van der Waals surface area contributed by atoms with Gasteiger partial charge in [-0.2, -0.15) is 0 Å². The van der Waals surface area contributed by atoms with Gasteiger partial charge in [-0.3, -0.25) is 4.98 Å². The lowest BCUT2D eigenvalue weighted by molar-refractivity contribution is 0.376. The minimum atomic E-state index is 0.398. The van der Waals surface area contributed by atoms with E-state index >= 15 is 0 Å². The molecule has 2 heteroatoms. The summed E-state index contributed by atoms with van der Waals surface area (Å²) in [5.41, 5.74) is 1.58. The third kappa shape index (κ3) is 4.41. The lowest BCUT2D eigenvalue weighted by atomic mass is 9.90. The first-order valence-corrected chi connectivity index (χ1v) is 5.37. The quantitative estimate of drug-likeness (QED) is 0.768. The summed E-state index contributed by atoms with van der Waals surface area (Å²) in [6, 6.07) is 4.13. The van der Waals surface area contributed by atoms with Crippen LogP contribution in [0, 0.1) is 5.41 Å². The average molecular weight is 242 g/mol. The number of hydrogen-bond donors (Lipinski definition) is 0. The Balaban J connectivity index is 2.51. The molecule has 0 unspecified atom stereocenters. The highest BCUT2D eigenvalue weighted by Crippen LogP contribution is 2.21. The summed E-state index contributed by atoms with van der Waals surface area (Å²) >= 11 is 3.37. The van der Waals surface area contributed by atoms with Crippen molar-refractivity contribution in [1.29, 1.82) is 0 Å². The van der Waals surface area contributed by atoms with E-state index in [1.54, 1.807) is 0 Å². The van der Waals surface area contributed by atoms with Crippen LogP contribution in [0.4, 0.5) is 0 Å². The minimum Gasteiger partial charge on any atom is -0.260 e. The van der Waals surface area contributed by atoms with Gasteiger partial charge in [0.15, 0.2) is 0 Å². The molecule has 0 aromatic carbocycles. The van der Waals surface area contributed by atoms with Gasteiger partial charge in [-0.25, -0.2) is 0 Å². The molecule has 1 heterocycles. The first-order valence-electron chi connectivity index (χ1n) is 4.58. The molecule has 1 nitrogen and oxygen atoms in total. The highest BCUT2D eigenvalue weighted by atomic mass is 79.9. The fraction of sp³-hybridized carbons (Fsp3) is 0.545. The van der Waals surface area contributed by atoms with E-state index in [2.05, 4.69) is 47.8 Å². The van der Waals surface area contributed by atoms with Gasteiger partial charge in [0.1, 0.15) is 0 Å². The number of nitrogens with zero attached hydrogens (tertiary/aromatic N) is 1. The van der Waals surface area contributed by atoms with E-state index in [1.807, 2.05) is 12.3 Å². The van der Waals surface area contributed by atoms with Crippen molar-refractivity contribution in [2.24, 2.45) is 5.41 Å². The van der Waals surface area contributed by atoms with Crippen LogP contribution >= 0.6 is 15.9 Å². The lowest BCUT2D eigenvalue weighted by Crippen LogP contribution is -2.06. The summed E-state index contributed by atoms with van der Waals surface area (Å²) in [5.74, 6) is 0. The maximum Gasteiger partial charge on any atom is 0.0413 e. The molecule has 0 aliphatic heterocycles. The first-order chi connectivity index (χ1) is 5.97. The van der Waals surface area contributed by atoms with Gasteiger partial charge in [-0.05, 0) is 46.3 Å². The van der Waals surface area contributed by atoms with E-state index in [0.29, 0.717) is 5.41 Å². The monoisotopic (exact) mass is 241 g/mol. The van der Waals surface area contributed by atoms with Crippen LogP contribution in [-0.4, -0.2) is 4.98 Å². The van der Waals surface area contributed by atoms with Gasteiger partial charge in [0, 0.05) is 16.4 Å². The zero-order chi connectivity index (χ0) is 9.90. The first kappa shape index (κ1) is 10.7. The number of rotatable bonds is 2. The Morgan fingerprint density at radius 1 is 1.31 bits per heavy atom. The smallest absolute Gasteiger partial charge is 0.0413 e. The van der Waals surface area contributed by atoms with Gasteiger partial charge in [0.2, 0.25) is 0 Å². The maximum atomic E-state index is 4.33. The van der Waals surface area contributed by atoms with Gasteiger partial charge in [-0.15, -0.1) is 0 Å². The molecule has 0 aliphatic carbocycles. The van der Waals surface area contributed by atoms with Crippen LogP contribution in [0.25, 0.3) is 0 Å². The second-order valence-electron chi connectivity index (χ2n) is 4.53. The van der Waals surface area contributed by atoms with E-state index in [9.17, 15) is 0 Å². The van der Waals surface area contributed by atoms with E-state index in [4.69, 9.17) is 0 Å². The normalized spacial score (nSPS) is 11.7. The van der Waals surface area contributed by atoms with Crippen molar-refractivity contribution in [1.82, 2.24) is 4.98 Å². The lowest BCUT2D eigenvalue weighted by Gasteiger charge is -2.17. The highest BCUT2D eigenvalue weighted by molar-refractivity contribution is 9.10. The van der Waals surface area contributed by atoms with Crippen molar-refractivity contribution in [3.05, 3.63) is 28.5 Å². The summed E-state index contributed by atoms with van der Waals surface area (Å²) in [5, 5.41) is 0. The van der Waals surface area contributed by atoms with Crippen molar-refractivity contribution >= 4 is 15.9 Å². The van der Waals surface area contributed by atoms with E-state index in [1.165, 1.54) is 12.1 Å². The number of aryl methyl sites for hydroxylation is 1. The summed E-state index contributed by atoms with van der Waals surface area (Å²) in [7, 11) is 0. The van der Waals surface area contributed by atoms with E-state index in [0.717, 1.165) is 10.9 Å². The van der Waals surface area contributed by atoms with Crippen molar-refractivity contribution in [3.63, 3.8) is 0 Å². The number of hydrogen-bond acceptors (Lipinski definition) is 1. The second kappa shape index (κ2) is 4.23. The molecule has 0 spiro atoms. The Hall–Kier alpha value is -0.370. The van der Waals surface area contributed by atoms with E-state index in [-0.39, 0.29) is 0 Å². The zero-order valence-electron chi connectivity index (χ0n) is 8.47. The van der Waals surface area contributed by atoms with Gasteiger partial charge in [0.05, 0.1) is 0 Å². The Labute approximate surface area is 88.7 Å². The molecular formula is C11H16BrN. The molecule has 13 heavy (non-hydrogen) atoms. The van der Waals surface area contributed by atoms with Crippen molar-refractivity contribution < 1.29 is 0 Å². The SMILES string of the molecule is CC(C)(C)CCc1ccc(Br)cn1. The van der Waals surface area contributed by atoms with Gasteiger partial charge in [0.25, 0.3) is 0 Å². The minimum absolute atomic E-state index is 0.398. The van der Waals surface area contributed by atoms with Crippen LogP contribution < -0.4 is 0 Å². The molecular weight excluding hydrogens is 226 g/mol. The molecule has 0 aliphatic rings. The standard InChI is InChI=1S/C11H16BrN/c1-11(2,3)7-6-10-5-4-9(12)8-13-10/h4-5,8H,6-7H2,1-3H3. The number of aromatic nitrogens is 1. The Morgan fingerprint density at radius 2 is 2.00 bits per heavy atom. The molecule has 0 saturated carbocycles. The second-order valence-corrected chi connectivity index (χ2v) is 5.44. The van der Waals surface area contributed by atoms with Crippen molar-refractivity contribution in [2.45, 2.75) is 33.6 Å². The van der Waals surface area contributed by atoms with Crippen LogP contribution in [-0.2, 0) is 6.42 Å².